The van der Waals surface area contributed by atoms with Crippen LogP contribution >= 0.6 is 57.5 Å². The fraction of sp³-hybridized carbons (Fsp3) is 0. The van der Waals surface area contributed by atoms with Crippen LogP contribution in [0.4, 0.5) is 34.1 Å². The highest BCUT2D eigenvalue weighted by Gasteiger charge is 2.33. The van der Waals surface area contributed by atoms with Crippen molar-refractivity contribution in [1.82, 2.24) is 19.4 Å². The zero-order valence-corrected chi connectivity index (χ0v) is 79.2. The zero-order valence-electron chi connectivity index (χ0n) is 75.1. The van der Waals surface area contributed by atoms with E-state index in [1.807, 2.05) is 57.5 Å². The molecule has 2 aliphatic rings. The molecule has 29 aromatic rings. The minimum atomic E-state index is 1.01. The van der Waals surface area contributed by atoms with Crippen molar-refractivity contribution in [2.24, 2.45) is 0 Å². The molecule has 8 aromatic heterocycles. The number of rotatable bonds is 8. The summed E-state index contributed by atoms with van der Waals surface area (Å²) in [5.41, 5.74) is 27.9. The van der Waals surface area contributed by atoms with Gasteiger partial charge in [-0.2, -0.15) is 0 Å². The van der Waals surface area contributed by atoms with Crippen LogP contribution < -0.4 is 9.80 Å². The molecule has 0 saturated carbocycles. The Morgan fingerprint density at radius 2 is 0.514 bits per heavy atom. The zero-order chi connectivity index (χ0) is 91.7. The summed E-state index contributed by atoms with van der Waals surface area (Å²) in [6, 6.07) is 167. The minimum absolute atomic E-state index is 1.01. The van der Waals surface area contributed by atoms with E-state index in [2.05, 4.69) is 475 Å². The van der Waals surface area contributed by atoms with Crippen molar-refractivity contribution < 1.29 is 0 Å². The predicted octanol–water partition coefficient (Wildman–Crippen LogP) is 38.3. The summed E-state index contributed by atoms with van der Waals surface area (Å²) in [6.45, 7) is 0. The van der Waals surface area contributed by atoms with E-state index in [4.69, 9.17) is 15.0 Å². The molecule has 6 nitrogen and oxygen atoms in total. The molecule has 652 valence electrons. The predicted molar refractivity (Wildman–Crippen MR) is 601 cm³/mol. The number of anilines is 6. The molecule has 0 fully saturated rings. The molecular weight excluding hydrogens is 1790 g/mol. The van der Waals surface area contributed by atoms with Crippen LogP contribution in [-0.2, 0) is 0 Å². The number of aromatic nitrogens is 4. The summed E-state index contributed by atoms with van der Waals surface area (Å²) in [4.78, 5) is 25.9. The molecule has 140 heavy (non-hydrogen) atoms. The summed E-state index contributed by atoms with van der Waals surface area (Å²) >= 11 is 9.39. The number of benzene rings is 21. The second-order valence-corrected chi connectivity index (χ2v) is 41.4. The smallest absolute Gasteiger partial charge is 0.0788 e. The summed E-state index contributed by atoms with van der Waals surface area (Å²) in [5, 5.41) is 24.0. The Labute approximate surface area is 825 Å². The van der Waals surface area contributed by atoms with Crippen molar-refractivity contribution in [2.75, 3.05) is 9.80 Å². The lowest BCUT2D eigenvalue weighted by molar-refractivity contribution is 1.17. The van der Waals surface area contributed by atoms with Gasteiger partial charge in [0.15, 0.2) is 0 Å². The highest BCUT2D eigenvalue weighted by atomic mass is 32.2. The van der Waals surface area contributed by atoms with Crippen molar-refractivity contribution in [3.63, 3.8) is 0 Å². The molecule has 11 heteroatoms. The first-order valence-corrected chi connectivity index (χ1v) is 51.4. The van der Waals surface area contributed by atoms with Gasteiger partial charge in [-0.15, -0.1) is 34.0 Å². The number of para-hydroxylation sites is 10. The Balaban J connectivity index is 0.000000101. The topological polar surface area (TPSA) is 49.6 Å². The van der Waals surface area contributed by atoms with Crippen LogP contribution in [-0.4, -0.2) is 19.4 Å². The van der Waals surface area contributed by atoms with Crippen LogP contribution in [0.2, 0.25) is 0 Å². The van der Waals surface area contributed by atoms with E-state index in [-0.39, 0.29) is 0 Å². The normalized spacial score (nSPS) is 12.5. The van der Waals surface area contributed by atoms with Crippen LogP contribution in [0.25, 0.3) is 231 Å². The molecular formula is C129H76N6S5. The van der Waals surface area contributed by atoms with E-state index in [1.54, 1.807) is 0 Å². The Kier molecular flexibility index (Phi) is 18.7. The van der Waals surface area contributed by atoms with Gasteiger partial charge < -0.3 is 14.2 Å². The third-order valence-electron chi connectivity index (χ3n) is 28.3. The molecule has 0 amide bonds. The van der Waals surface area contributed by atoms with Crippen molar-refractivity contribution in [2.45, 2.75) is 19.6 Å². The Bertz CT molecular complexity index is 10100. The molecule has 2 aliphatic heterocycles. The van der Waals surface area contributed by atoms with E-state index in [0.29, 0.717) is 0 Å². The van der Waals surface area contributed by atoms with Crippen molar-refractivity contribution in [3.05, 3.63) is 461 Å². The first-order valence-electron chi connectivity index (χ1n) is 47.3. The molecule has 0 N–H and O–H groups in total. The van der Waals surface area contributed by atoms with Crippen molar-refractivity contribution >= 4 is 255 Å². The number of nitrogens with zero attached hydrogens (tertiary/aromatic N) is 6. The lowest BCUT2D eigenvalue weighted by Gasteiger charge is -2.34. The molecule has 0 saturated heterocycles. The number of fused-ring (bicyclic) bond motifs is 31. The fourth-order valence-corrected chi connectivity index (χ4v) is 28.2. The van der Waals surface area contributed by atoms with Gasteiger partial charge in [0.2, 0.25) is 0 Å². The molecule has 0 unspecified atom stereocenters. The van der Waals surface area contributed by atoms with Crippen molar-refractivity contribution in [3.8, 4) is 67.2 Å². The van der Waals surface area contributed by atoms with Crippen LogP contribution in [0.5, 0.6) is 0 Å². The number of hydrogen-bond donors (Lipinski definition) is 0. The van der Waals surface area contributed by atoms with Crippen molar-refractivity contribution in [1.29, 1.82) is 0 Å². The largest absolute Gasteiger partial charge is 0.308 e. The molecule has 0 radical (unpaired) electrons. The first-order chi connectivity index (χ1) is 69.5. The Morgan fingerprint density at radius 1 is 0.186 bits per heavy atom. The number of hydrogen-bond acceptors (Lipinski definition) is 10. The molecule has 0 aliphatic carbocycles. The number of pyridine rings is 3. The van der Waals surface area contributed by atoms with E-state index < -0.39 is 0 Å². The molecule has 0 spiro atoms. The fourth-order valence-electron chi connectivity index (χ4n) is 22.3. The average molecular weight is 1870 g/mol. The summed E-state index contributed by atoms with van der Waals surface area (Å²) in [6.07, 6.45) is 0. The lowest BCUT2D eigenvalue weighted by atomic mass is 9.91. The second-order valence-electron chi connectivity index (χ2n) is 36.1. The van der Waals surface area contributed by atoms with Crippen LogP contribution in [0.3, 0.4) is 0 Å². The quantitative estimate of drug-likeness (QED) is 0.141. The second kappa shape index (κ2) is 32.5. The van der Waals surface area contributed by atoms with Gasteiger partial charge in [-0.3, -0.25) is 0 Å². The summed E-state index contributed by atoms with van der Waals surface area (Å²) in [5.74, 6) is 0. The minimum Gasteiger partial charge on any atom is -0.308 e. The van der Waals surface area contributed by atoms with Gasteiger partial charge in [-0.1, -0.05) is 339 Å². The van der Waals surface area contributed by atoms with Gasteiger partial charge in [-0.25, -0.2) is 15.0 Å². The molecule has 21 aromatic carbocycles. The maximum Gasteiger partial charge on any atom is 0.0788 e. The highest BCUT2D eigenvalue weighted by Crippen LogP contribution is 2.59. The maximum absolute atomic E-state index is 5.34. The lowest BCUT2D eigenvalue weighted by Crippen LogP contribution is -2.15. The Morgan fingerprint density at radius 3 is 0.964 bits per heavy atom. The monoisotopic (exact) mass is 1870 g/mol. The van der Waals surface area contributed by atoms with Gasteiger partial charge in [0.1, 0.15) is 0 Å². The van der Waals surface area contributed by atoms with E-state index in [0.717, 1.165) is 56.0 Å². The van der Waals surface area contributed by atoms with Gasteiger partial charge in [0, 0.05) is 195 Å². The third kappa shape index (κ3) is 12.7. The van der Waals surface area contributed by atoms with Gasteiger partial charge in [0.25, 0.3) is 0 Å². The SMILES string of the molecule is c1ccc(-c2nc3ccccc3c3c2cc(-c2cc4c5ccccc5n5c6ccccc6c(c2)c45)c2sc4ccccc4c23)cc1.c1ccc(-c2nc3ccccc3c3c2cc(-c2ccc4c(c2)Sc2ccccc2N4c2ccccc2)c2sc4ccccc4c23)cc1.c1ccc(-c2nc3ccccc3c3c2cc(-c2ccccc2N2c4ccccc4Sc4ccccc42)c2sc4ccccc4c23)cc1. The highest BCUT2D eigenvalue weighted by molar-refractivity contribution is 8.00. The van der Waals surface area contributed by atoms with Crippen LogP contribution in [0.1, 0.15) is 0 Å². The average Bonchev–Trinajstić information content (AvgIpc) is 1.53. The van der Waals surface area contributed by atoms with E-state index >= 15 is 0 Å². The summed E-state index contributed by atoms with van der Waals surface area (Å²) < 4.78 is 10.3. The van der Waals surface area contributed by atoms with Gasteiger partial charge >= 0.3 is 0 Å². The first kappa shape index (κ1) is 80.6. The van der Waals surface area contributed by atoms with E-state index in [1.165, 1.54) is 228 Å². The molecule has 31 rings (SSSR count). The van der Waals surface area contributed by atoms with Gasteiger partial charge in [0.05, 0.1) is 78.6 Å². The summed E-state index contributed by atoms with van der Waals surface area (Å²) in [7, 11) is 0. The molecule has 0 atom stereocenters. The Hall–Kier alpha value is -16.6. The van der Waals surface area contributed by atoms with E-state index in [9.17, 15) is 0 Å². The van der Waals surface area contributed by atoms with Crippen LogP contribution in [0.15, 0.2) is 481 Å². The third-order valence-corrected chi connectivity index (χ3v) is 34.2. The van der Waals surface area contributed by atoms with Gasteiger partial charge in [-0.05, 0) is 157 Å². The molecule has 0 bridgehead atoms. The molecule has 10 heterocycles. The maximum atomic E-state index is 5.34. The van der Waals surface area contributed by atoms with Crippen LogP contribution in [0, 0.1) is 0 Å². The standard InChI is InChI=1S/2C43H26N2S2.C43H24N2S/c1-3-13-27(14-4-1)42-33-26-32(43-41(31-18-8-11-21-37(31)47-43)40(33)30-17-7-9-19-34(30)44-42)28-23-24-36-39(25-28)46-38-22-12-10-20-35(38)45(36)29-15-5-2-6-16-29;1-2-14-27(15-3-1)42-32-26-31(43-41(30-18-6-11-23-37(30)47-43)40(32)29-17-4-7-19-33(29)44-42)28-16-5-8-20-34(28)45-35-21-9-12-24-38(35)46-39-25-13-10-22-36(39)45;1-2-12-25(13-3-1)41-34-24-31(43-40(30-17-7-11-21-38(30)46-43)39(34)29-16-4-8-18-35(29)44-41)26-22-32-27-14-5-9-19-36(27)45-37-20-10-6-15-28(37)33(23-26)42(32)45/h2*1-26H;1-24H. The number of thiophene rings is 3.